The highest BCUT2D eigenvalue weighted by Crippen LogP contribution is 2.23. The predicted molar refractivity (Wildman–Crippen MR) is 103 cm³/mol. The van der Waals surface area contributed by atoms with E-state index in [9.17, 15) is 4.79 Å². The third-order valence-electron chi connectivity index (χ3n) is 3.99. The number of anilines is 2. The average molecular weight is 340 g/mol. The maximum Gasteiger partial charge on any atom is 0.260 e. The second-order valence-electron chi connectivity index (χ2n) is 5.79. The standard InChI is InChI=1S/C21H16N4O/c26-20-19(14-23-21(25-20)24-18-9-5-2-6-10-18)17-11-16(12-22-13-17)15-7-3-1-4-8-15/h1-14H,(H2,23,24,25,26). The number of aromatic amines is 1. The number of benzene rings is 2. The largest absolute Gasteiger partial charge is 0.326 e. The fourth-order valence-corrected chi connectivity index (χ4v) is 2.70. The van der Waals surface area contributed by atoms with Crippen LogP contribution in [0.2, 0.25) is 0 Å². The van der Waals surface area contributed by atoms with Gasteiger partial charge in [-0.3, -0.25) is 14.8 Å². The van der Waals surface area contributed by atoms with Gasteiger partial charge in [-0.2, -0.15) is 0 Å². The highest BCUT2D eigenvalue weighted by atomic mass is 16.1. The number of H-pyrrole nitrogens is 1. The van der Waals surface area contributed by atoms with Crippen molar-refractivity contribution >= 4 is 11.6 Å². The van der Waals surface area contributed by atoms with Crippen molar-refractivity contribution in [1.82, 2.24) is 15.0 Å². The molecule has 5 nitrogen and oxygen atoms in total. The average Bonchev–Trinajstić information content (AvgIpc) is 2.70. The van der Waals surface area contributed by atoms with Crippen LogP contribution in [-0.4, -0.2) is 15.0 Å². The molecular weight excluding hydrogens is 324 g/mol. The van der Waals surface area contributed by atoms with E-state index in [0.29, 0.717) is 11.5 Å². The molecule has 26 heavy (non-hydrogen) atoms. The zero-order valence-corrected chi connectivity index (χ0v) is 13.9. The number of nitrogens with zero attached hydrogens (tertiary/aromatic N) is 2. The van der Waals surface area contributed by atoms with Crippen molar-refractivity contribution in [1.29, 1.82) is 0 Å². The van der Waals surface area contributed by atoms with E-state index in [0.717, 1.165) is 22.4 Å². The van der Waals surface area contributed by atoms with Gasteiger partial charge in [-0.15, -0.1) is 0 Å². The normalized spacial score (nSPS) is 10.5. The first-order chi connectivity index (χ1) is 12.8. The highest BCUT2D eigenvalue weighted by Gasteiger charge is 2.08. The van der Waals surface area contributed by atoms with Gasteiger partial charge < -0.3 is 5.32 Å². The molecule has 2 aromatic carbocycles. The Bertz CT molecular complexity index is 1080. The summed E-state index contributed by atoms with van der Waals surface area (Å²) in [5.41, 5.74) is 3.85. The summed E-state index contributed by atoms with van der Waals surface area (Å²) in [6, 6.07) is 21.4. The second-order valence-corrected chi connectivity index (χ2v) is 5.79. The zero-order chi connectivity index (χ0) is 17.8. The molecule has 0 amide bonds. The van der Waals surface area contributed by atoms with E-state index in [1.165, 1.54) is 0 Å². The van der Waals surface area contributed by atoms with Gasteiger partial charge in [0.25, 0.3) is 5.56 Å². The molecule has 2 N–H and O–H groups in total. The topological polar surface area (TPSA) is 70.7 Å². The van der Waals surface area contributed by atoms with Crippen LogP contribution in [-0.2, 0) is 0 Å². The number of aromatic nitrogens is 3. The van der Waals surface area contributed by atoms with E-state index < -0.39 is 0 Å². The molecule has 4 aromatic rings. The van der Waals surface area contributed by atoms with Crippen molar-refractivity contribution < 1.29 is 0 Å². The van der Waals surface area contributed by atoms with Gasteiger partial charge in [0.15, 0.2) is 0 Å². The monoisotopic (exact) mass is 340 g/mol. The molecule has 0 fully saturated rings. The van der Waals surface area contributed by atoms with Gasteiger partial charge in [0.05, 0.1) is 5.56 Å². The van der Waals surface area contributed by atoms with Crippen molar-refractivity contribution in [2.24, 2.45) is 0 Å². The van der Waals surface area contributed by atoms with Gasteiger partial charge in [-0.05, 0) is 23.8 Å². The molecule has 0 atom stereocenters. The van der Waals surface area contributed by atoms with Gasteiger partial charge in [0, 0.05) is 35.4 Å². The van der Waals surface area contributed by atoms with Crippen molar-refractivity contribution in [3.8, 4) is 22.3 Å². The minimum Gasteiger partial charge on any atom is -0.326 e. The Kier molecular flexibility index (Phi) is 4.26. The number of hydrogen-bond donors (Lipinski definition) is 2. The molecule has 0 aliphatic heterocycles. The summed E-state index contributed by atoms with van der Waals surface area (Å²) in [6.45, 7) is 0. The van der Waals surface area contributed by atoms with Crippen LogP contribution in [0, 0.1) is 0 Å². The Morgan fingerprint density at radius 1 is 0.769 bits per heavy atom. The Labute approximate surface area is 150 Å². The fourth-order valence-electron chi connectivity index (χ4n) is 2.70. The van der Waals surface area contributed by atoms with Gasteiger partial charge >= 0.3 is 0 Å². The molecule has 0 aliphatic carbocycles. The summed E-state index contributed by atoms with van der Waals surface area (Å²) in [7, 11) is 0. The minimum atomic E-state index is -0.217. The lowest BCUT2D eigenvalue weighted by molar-refractivity contribution is 1.12. The maximum atomic E-state index is 12.5. The van der Waals surface area contributed by atoms with E-state index in [1.54, 1.807) is 18.6 Å². The lowest BCUT2D eigenvalue weighted by Crippen LogP contribution is -2.12. The van der Waals surface area contributed by atoms with Crippen LogP contribution in [0.1, 0.15) is 0 Å². The first kappa shape index (κ1) is 15.8. The lowest BCUT2D eigenvalue weighted by atomic mass is 10.0. The van der Waals surface area contributed by atoms with Crippen molar-refractivity contribution in [2.45, 2.75) is 0 Å². The summed E-state index contributed by atoms with van der Waals surface area (Å²) in [5.74, 6) is 0.400. The van der Waals surface area contributed by atoms with E-state index >= 15 is 0 Å². The van der Waals surface area contributed by atoms with Crippen LogP contribution >= 0.6 is 0 Å². The van der Waals surface area contributed by atoms with E-state index in [4.69, 9.17) is 0 Å². The number of pyridine rings is 1. The Hall–Kier alpha value is -3.73. The lowest BCUT2D eigenvalue weighted by Gasteiger charge is -2.07. The molecule has 0 saturated heterocycles. The molecule has 0 bridgehead atoms. The third kappa shape index (κ3) is 3.37. The number of rotatable bonds is 4. The fraction of sp³-hybridized carbons (Fsp3) is 0. The van der Waals surface area contributed by atoms with Crippen LogP contribution < -0.4 is 10.9 Å². The molecule has 0 aliphatic rings. The van der Waals surface area contributed by atoms with Gasteiger partial charge in [-0.1, -0.05) is 48.5 Å². The summed E-state index contributed by atoms with van der Waals surface area (Å²) in [5, 5.41) is 3.08. The Balaban J connectivity index is 1.65. The first-order valence-corrected chi connectivity index (χ1v) is 8.22. The zero-order valence-electron chi connectivity index (χ0n) is 13.9. The van der Waals surface area contributed by atoms with E-state index in [1.807, 2.05) is 66.7 Å². The van der Waals surface area contributed by atoms with Crippen LogP contribution in [0.4, 0.5) is 11.6 Å². The van der Waals surface area contributed by atoms with Crippen LogP contribution in [0.5, 0.6) is 0 Å². The summed E-state index contributed by atoms with van der Waals surface area (Å²) >= 11 is 0. The van der Waals surface area contributed by atoms with Crippen LogP contribution in [0.15, 0.2) is 90.1 Å². The molecule has 0 spiro atoms. The summed E-state index contributed by atoms with van der Waals surface area (Å²) in [4.78, 5) is 23.9. The van der Waals surface area contributed by atoms with E-state index in [2.05, 4.69) is 20.3 Å². The number of nitrogens with one attached hydrogen (secondary N) is 2. The predicted octanol–water partition coefficient (Wildman–Crippen LogP) is 4.24. The second kappa shape index (κ2) is 7.03. The molecule has 126 valence electrons. The molecule has 2 aromatic heterocycles. The van der Waals surface area contributed by atoms with Crippen LogP contribution in [0.3, 0.4) is 0 Å². The Morgan fingerprint density at radius 2 is 1.46 bits per heavy atom. The molecule has 4 rings (SSSR count). The first-order valence-electron chi connectivity index (χ1n) is 8.22. The minimum absolute atomic E-state index is 0.217. The molecule has 0 saturated carbocycles. The van der Waals surface area contributed by atoms with Crippen molar-refractivity contribution in [3.05, 3.63) is 95.7 Å². The number of hydrogen-bond acceptors (Lipinski definition) is 4. The molecular formula is C21H16N4O. The summed E-state index contributed by atoms with van der Waals surface area (Å²) < 4.78 is 0. The van der Waals surface area contributed by atoms with E-state index in [-0.39, 0.29) is 5.56 Å². The highest BCUT2D eigenvalue weighted by molar-refractivity contribution is 5.71. The molecule has 2 heterocycles. The third-order valence-corrected chi connectivity index (χ3v) is 3.99. The van der Waals surface area contributed by atoms with Gasteiger partial charge in [-0.25, -0.2) is 4.98 Å². The summed E-state index contributed by atoms with van der Waals surface area (Å²) in [6.07, 6.45) is 5.02. The molecule has 0 radical (unpaired) electrons. The molecule has 5 heteroatoms. The van der Waals surface area contributed by atoms with Crippen molar-refractivity contribution in [3.63, 3.8) is 0 Å². The van der Waals surface area contributed by atoms with Crippen molar-refractivity contribution in [2.75, 3.05) is 5.32 Å². The molecule has 0 unspecified atom stereocenters. The quantitative estimate of drug-likeness (QED) is 0.583. The van der Waals surface area contributed by atoms with Gasteiger partial charge in [0.2, 0.25) is 5.95 Å². The number of para-hydroxylation sites is 1. The van der Waals surface area contributed by atoms with Crippen LogP contribution in [0.25, 0.3) is 22.3 Å². The maximum absolute atomic E-state index is 12.5. The Morgan fingerprint density at radius 3 is 2.19 bits per heavy atom. The van der Waals surface area contributed by atoms with Gasteiger partial charge in [0.1, 0.15) is 0 Å². The smallest absolute Gasteiger partial charge is 0.260 e. The SMILES string of the molecule is O=c1[nH]c(Nc2ccccc2)ncc1-c1cncc(-c2ccccc2)c1.